The molecule has 2 aromatic carbocycles. The van der Waals surface area contributed by atoms with Gasteiger partial charge in [-0.25, -0.2) is 14.4 Å². The molecule has 0 spiro atoms. The van der Waals surface area contributed by atoms with Crippen LogP contribution < -0.4 is 10.3 Å². The normalized spacial score (nSPS) is 15.9. The van der Waals surface area contributed by atoms with E-state index < -0.39 is 23.2 Å². The van der Waals surface area contributed by atoms with Crippen LogP contribution in [-0.2, 0) is 5.41 Å². The molecule has 32 heavy (non-hydrogen) atoms. The summed E-state index contributed by atoms with van der Waals surface area (Å²) >= 11 is 0. The van der Waals surface area contributed by atoms with Gasteiger partial charge in [-0.2, -0.15) is 0 Å². The Bertz CT molecular complexity index is 1410. The van der Waals surface area contributed by atoms with Gasteiger partial charge in [0.05, 0.1) is 17.0 Å². The molecule has 7 heteroatoms. The highest BCUT2D eigenvalue weighted by atomic mass is 19.1. The molecule has 0 aliphatic carbocycles. The third kappa shape index (κ3) is 3.09. The Labute approximate surface area is 183 Å². The van der Waals surface area contributed by atoms with E-state index in [2.05, 4.69) is 30.7 Å². The van der Waals surface area contributed by atoms with Crippen molar-refractivity contribution in [3.63, 3.8) is 0 Å². The number of carbonyl (C=O) groups is 1. The second-order valence-corrected chi connectivity index (χ2v) is 8.81. The number of nitrogens with zero attached hydrogens (tertiary/aromatic N) is 3. The number of fused-ring (bicyclic) bond motifs is 2. The Kier molecular flexibility index (Phi) is 4.44. The molecule has 1 atom stereocenters. The fourth-order valence-electron chi connectivity index (χ4n) is 4.05. The van der Waals surface area contributed by atoms with Crippen LogP contribution >= 0.6 is 0 Å². The maximum absolute atomic E-state index is 13.9. The first-order valence-corrected chi connectivity index (χ1v) is 10.2. The molecule has 5 rings (SSSR count). The number of benzene rings is 2. The minimum absolute atomic E-state index is 0.0586. The molecular formula is C25H20FN3O3. The minimum atomic E-state index is -0.794. The summed E-state index contributed by atoms with van der Waals surface area (Å²) in [4.78, 5) is 36.7. The first-order chi connectivity index (χ1) is 15.3. The minimum Gasteiger partial charge on any atom is -0.450 e. The van der Waals surface area contributed by atoms with Gasteiger partial charge in [0.25, 0.3) is 5.91 Å². The van der Waals surface area contributed by atoms with E-state index in [4.69, 9.17) is 4.42 Å². The van der Waals surface area contributed by atoms with E-state index in [1.165, 1.54) is 29.4 Å². The van der Waals surface area contributed by atoms with E-state index in [9.17, 15) is 14.0 Å². The Morgan fingerprint density at radius 2 is 1.69 bits per heavy atom. The van der Waals surface area contributed by atoms with Crippen molar-refractivity contribution in [1.29, 1.82) is 0 Å². The summed E-state index contributed by atoms with van der Waals surface area (Å²) in [6, 6.07) is 12.3. The van der Waals surface area contributed by atoms with E-state index >= 15 is 0 Å². The maximum Gasteiger partial charge on any atom is 0.297 e. The summed E-state index contributed by atoms with van der Waals surface area (Å²) in [5.41, 5.74) is 1.63. The summed E-state index contributed by atoms with van der Waals surface area (Å²) in [7, 11) is 0. The average molecular weight is 429 g/mol. The van der Waals surface area contributed by atoms with Crippen molar-refractivity contribution in [3.05, 3.63) is 99.4 Å². The predicted molar refractivity (Wildman–Crippen MR) is 118 cm³/mol. The third-order valence-corrected chi connectivity index (χ3v) is 5.69. The van der Waals surface area contributed by atoms with E-state index in [1.807, 2.05) is 24.3 Å². The molecule has 0 bridgehead atoms. The van der Waals surface area contributed by atoms with Gasteiger partial charge in [-0.3, -0.25) is 14.5 Å². The molecule has 0 radical (unpaired) electrons. The molecular weight excluding hydrogens is 409 g/mol. The van der Waals surface area contributed by atoms with Crippen LogP contribution in [0.25, 0.3) is 11.0 Å². The summed E-state index contributed by atoms with van der Waals surface area (Å²) in [6.07, 6.45) is 3.05. The summed E-state index contributed by atoms with van der Waals surface area (Å²) in [6.45, 7) is 6.32. The molecule has 0 fully saturated rings. The second kappa shape index (κ2) is 7.09. The smallest absolute Gasteiger partial charge is 0.297 e. The van der Waals surface area contributed by atoms with Crippen molar-refractivity contribution in [2.24, 2.45) is 0 Å². The first kappa shape index (κ1) is 20.1. The van der Waals surface area contributed by atoms with Gasteiger partial charge in [-0.1, -0.05) is 45.0 Å². The Balaban J connectivity index is 1.77. The molecule has 1 aliphatic rings. The van der Waals surface area contributed by atoms with E-state index in [1.54, 1.807) is 6.07 Å². The molecule has 0 N–H and O–H groups in total. The van der Waals surface area contributed by atoms with Gasteiger partial charge >= 0.3 is 0 Å². The van der Waals surface area contributed by atoms with Crippen LogP contribution in [0.1, 0.15) is 54.1 Å². The molecule has 3 heterocycles. The van der Waals surface area contributed by atoms with Crippen molar-refractivity contribution in [2.45, 2.75) is 32.2 Å². The second-order valence-electron chi connectivity index (χ2n) is 8.81. The Hall–Kier alpha value is -3.87. The van der Waals surface area contributed by atoms with Gasteiger partial charge in [0, 0.05) is 12.4 Å². The monoisotopic (exact) mass is 429 g/mol. The standard InChI is InChI=1S/C25H20FN3O3/c1-25(2,3)15-7-5-14(6-8-15)20-19-21(30)17-13-16(26)9-10-18(17)32-22(19)23(31)29(20)24-27-11-4-12-28-24/h4-13,20H,1-3H3. The van der Waals surface area contributed by atoms with Gasteiger partial charge in [0.2, 0.25) is 11.7 Å². The molecule has 0 saturated carbocycles. The van der Waals surface area contributed by atoms with Crippen molar-refractivity contribution in [2.75, 3.05) is 4.90 Å². The molecule has 160 valence electrons. The van der Waals surface area contributed by atoms with Crippen LogP contribution in [0, 0.1) is 5.82 Å². The highest BCUT2D eigenvalue weighted by Gasteiger charge is 2.45. The number of anilines is 1. The molecule has 0 saturated heterocycles. The number of amides is 1. The van der Waals surface area contributed by atoms with Crippen molar-refractivity contribution >= 4 is 22.8 Å². The van der Waals surface area contributed by atoms with E-state index in [0.717, 1.165) is 11.6 Å². The van der Waals surface area contributed by atoms with Gasteiger partial charge in [-0.15, -0.1) is 0 Å². The summed E-state index contributed by atoms with van der Waals surface area (Å²) in [5.74, 6) is -0.988. The molecule has 1 aliphatic heterocycles. The third-order valence-electron chi connectivity index (χ3n) is 5.69. The lowest BCUT2D eigenvalue weighted by molar-refractivity contribution is 0.0969. The lowest BCUT2D eigenvalue weighted by atomic mass is 9.86. The predicted octanol–water partition coefficient (Wildman–Crippen LogP) is 4.77. The van der Waals surface area contributed by atoms with Crippen LogP contribution in [-0.4, -0.2) is 15.9 Å². The first-order valence-electron chi connectivity index (χ1n) is 10.2. The fourth-order valence-corrected chi connectivity index (χ4v) is 4.05. The zero-order valence-electron chi connectivity index (χ0n) is 17.8. The number of carbonyl (C=O) groups excluding carboxylic acids is 1. The number of rotatable bonds is 2. The highest BCUT2D eigenvalue weighted by Crippen LogP contribution is 2.40. The lowest BCUT2D eigenvalue weighted by Crippen LogP contribution is -2.31. The van der Waals surface area contributed by atoms with Gasteiger partial charge < -0.3 is 4.42 Å². The highest BCUT2D eigenvalue weighted by molar-refractivity contribution is 6.09. The Morgan fingerprint density at radius 3 is 2.34 bits per heavy atom. The maximum atomic E-state index is 13.9. The van der Waals surface area contributed by atoms with Crippen molar-refractivity contribution < 1.29 is 13.6 Å². The average Bonchev–Trinajstić information content (AvgIpc) is 3.07. The summed E-state index contributed by atoms with van der Waals surface area (Å²) < 4.78 is 19.7. The van der Waals surface area contributed by atoms with Crippen LogP contribution in [0.4, 0.5) is 10.3 Å². The zero-order chi connectivity index (χ0) is 22.6. The van der Waals surface area contributed by atoms with E-state index in [-0.39, 0.29) is 33.7 Å². The SMILES string of the molecule is CC(C)(C)c1ccc(C2c3c(oc4ccc(F)cc4c3=O)C(=O)N2c2ncccn2)cc1. The van der Waals surface area contributed by atoms with Gasteiger partial charge in [-0.05, 0) is 40.8 Å². The van der Waals surface area contributed by atoms with Crippen LogP contribution in [0.2, 0.25) is 0 Å². The number of hydrogen-bond donors (Lipinski definition) is 0. The van der Waals surface area contributed by atoms with Crippen LogP contribution in [0.5, 0.6) is 0 Å². The number of hydrogen-bond acceptors (Lipinski definition) is 5. The van der Waals surface area contributed by atoms with Crippen LogP contribution in [0.15, 0.2) is 70.1 Å². The molecule has 4 aromatic rings. The van der Waals surface area contributed by atoms with Gasteiger partial charge in [0.1, 0.15) is 11.4 Å². The fraction of sp³-hybridized carbons (Fsp3) is 0.200. The quantitative estimate of drug-likeness (QED) is 0.459. The number of aromatic nitrogens is 2. The van der Waals surface area contributed by atoms with Crippen molar-refractivity contribution in [1.82, 2.24) is 9.97 Å². The molecule has 6 nitrogen and oxygen atoms in total. The van der Waals surface area contributed by atoms with E-state index in [0.29, 0.717) is 5.56 Å². The number of halogens is 1. The largest absolute Gasteiger partial charge is 0.450 e. The lowest BCUT2D eigenvalue weighted by Gasteiger charge is -2.24. The topological polar surface area (TPSA) is 76.3 Å². The van der Waals surface area contributed by atoms with Crippen LogP contribution in [0.3, 0.4) is 0 Å². The molecule has 1 amide bonds. The molecule has 1 unspecified atom stereocenters. The van der Waals surface area contributed by atoms with Gasteiger partial charge in [0.15, 0.2) is 5.43 Å². The molecule has 2 aromatic heterocycles. The van der Waals surface area contributed by atoms with Crippen molar-refractivity contribution in [3.8, 4) is 0 Å². The Morgan fingerprint density at radius 1 is 1.00 bits per heavy atom. The zero-order valence-corrected chi connectivity index (χ0v) is 17.8. The summed E-state index contributed by atoms with van der Waals surface area (Å²) in [5, 5.41) is 0.0868.